The van der Waals surface area contributed by atoms with Crippen LogP contribution in [0.15, 0.2) is 4.99 Å². The van der Waals surface area contributed by atoms with Crippen molar-refractivity contribution in [1.82, 2.24) is 15.5 Å². The molecule has 0 atom stereocenters. The lowest BCUT2D eigenvalue weighted by atomic mass is 10.0. The van der Waals surface area contributed by atoms with Crippen LogP contribution in [-0.4, -0.2) is 62.3 Å². The summed E-state index contributed by atoms with van der Waals surface area (Å²) in [5, 5.41) is 6.91. The number of nitrogens with one attached hydrogen (secondary N) is 2. The topological polar surface area (TPSA) is 48.9 Å². The zero-order chi connectivity index (χ0) is 16.2. The number of guanidine groups is 1. The van der Waals surface area contributed by atoms with Gasteiger partial charge < -0.3 is 20.3 Å². The van der Waals surface area contributed by atoms with Crippen LogP contribution in [0.2, 0.25) is 0 Å². The molecule has 1 heterocycles. The van der Waals surface area contributed by atoms with Crippen molar-refractivity contribution in [1.29, 1.82) is 0 Å². The number of aliphatic imine (C=N–C) groups is 1. The number of hydrogen-bond acceptors (Lipinski definition) is 3. The monoisotopic (exact) mass is 440 g/mol. The van der Waals surface area contributed by atoms with E-state index in [4.69, 9.17) is 4.74 Å². The first-order chi connectivity index (χ1) is 10.7. The molecule has 138 valence electrons. The second kappa shape index (κ2) is 14.3. The van der Waals surface area contributed by atoms with Gasteiger partial charge in [0, 0.05) is 38.3 Å². The highest BCUT2D eigenvalue weighted by atomic mass is 127. The van der Waals surface area contributed by atoms with Gasteiger partial charge in [0.15, 0.2) is 5.96 Å². The zero-order valence-corrected chi connectivity index (χ0v) is 17.8. The molecule has 6 heteroatoms. The maximum absolute atomic E-state index is 5.56. The van der Waals surface area contributed by atoms with Crippen LogP contribution >= 0.6 is 24.0 Å². The molecule has 1 saturated heterocycles. The molecule has 2 N–H and O–H groups in total. The highest BCUT2D eigenvalue weighted by Crippen LogP contribution is 2.12. The number of likely N-dealkylation sites (tertiary alicyclic amines) is 1. The molecule has 0 radical (unpaired) electrons. The van der Waals surface area contributed by atoms with E-state index in [1.165, 1.54) is 32.4 Å². The fraction of sp³-hybridized carbons (Fsp3) is 0.941. The van der Waals surface area contributed by atoms with Gasteiger partial charge in [-0.3, -0.25) is 4.99 Å². The zero-order valence-electron chi connectivity index (χ0n) is 15.4. The van der Waals surface area contributed by atoms with Gasteiger partial charge in [-0.15, -0.1) is 24.0 Å². The van der Waals surface area contributed by atoms with E-state index in [-0.39, 0.29) is 24.0 Å². The molecule has 1 aliphatic heterocycles. The Morgan fingerprint density at radius 3 is 2.48 bits per heavy atom. The van der Waals surface area contributed by atoms with E-state index in [0.29, 0.717) is 18.7 Å². The van der Waals surface area contributed by atoms with Gasteiger partial charge in [0.25, 0.3) is 0 Å². The van der Waals surface area contributed by atoms with Crippen molar-refractivity contribution in [2.75, 3.05) is 39.4 Å². The Morgan fingerprint density at radius 2 is 1.91 bits per heavy atom. The van der Waals surface area contributed by atoms with Gasteiger partial charge in [0.05, 0.1) is 13.2 Å². The van der Waals surface area contributed by atoms with Gasteiger partial charge in [-0.05, 0) is 40.0 Å². The largest absolute Gasteiger partial charge is 0.380 e. The Labute approximate surface area is 160 Å². The van der Waals surface area contributed by atoms with Crippen molar-refractivity contribution in [3.8, 4) is 0 Å². The first-order valence-corrected chi connectivity index (χ1v) is 9.04. The van der Waals surface area contributed by atoms with Gasteiger partial charge >= 0.3 is 0 Å². The summed E-state index contributed by atoms with van der Waals surface area (Å²) >= 11 is 0. The van der Waals surface area contributed by atoms with E-state index >= 15 is 0 Å². The van der Waals surface area contributed by atoms with Crippen molar-refractivity contribution in [2.24, 2.45) is 4.99 Å². The van der Waals surface area contributed by atoms with Gasteiger partial charge in [-0.25, -0.2) is 0 Å². The van der Waals surface area contributed by atoms with E-state index in [0.717, 1.165) is 32.1 Å². The van der Waals surface area contributed by atoms with Crippen LogP contribution in [0.5, 0.6) is 0 Å². The van der Waals surface area contributed by atoms with Crippen molar-refractivity contribution >= 4 is 29.9 Å². The Bertz CT molecular complexity index is 305. The average Bonchev–Trinajstić information content (AvgIpc) is 2.51. The Morgan fingerprint density at radius 1 is 1.22 bits per heavy atom. The van der Waals surface area contributed by atoms with Crippen LogP contribution < -0.4 is 10.6 Å². The van der Waals surface area contributed by atoms with Gasteiger partial charge in [-0.2, -0.15) is 0 Å². The summed E-state index contributed by atoms with van der Waals surface area (Å²) in [5.41, 5.74) is 0. The molecule has 0 aliphatic carbocycles. The second-order valence-electron chi connectivity index (χ2n) is 6.27. The predicted octanol–water partition coefficient (Wildman–Crippen LogP) is 2.85. The molecule has 0 aromatic rings. The van der Waals surface area contributed by atoms with Crippen molar-refractivity contribution in [2.45, 2.75) is 65.5 Å². The normalized spacial score (nSPS) is 17.2. The third-order valence-electron chi connectivity index (χ3n) is 4.09. The average molecular weight is 440 g/mol. The quantitative estimate of drug-likeness (QED) is 0.251. The lowest BCUT2D eigenvalue weighted by Crippen LogP contribution is -2.49. The van der Waals surface area contributed by atoms with Crippen LogP contribution in [0, 0.1) is 0 Å². The third kappa shape index (κ3) is 10.4. The van der Waals surface area contributed by atoms with Crippen molar-refractivity contribution in [3.05, 3.63) is 0 Å². The molecule has 0 amide bonds. The summed E-state index contributed by atoms with van der Waals surface area (Å²) in [7, 11) is 0. The van der Waals surface area contributed by atoms with Crippen LogP contribution in [0.25, 0.3) is 0 Å². The van der Waals surface area contributed by atoms with E-state index in [1.54, 1.807) is 0 Å². The molecule has 0 spiro atoms. The summed E-state index contributed by atoms with van der Waals surface area (Å²) in [5.74, 6) is 0.935. The second-order valence-corrected chi connectivity index (χ2v) is 6.27. The summed E-state index contributed by atoms with van der Waals surface area (Å²) in [6, 6.07) is 1.19. The summed E-state index contributed by atoms with van der Waals surface area (Å²) in [6.07, 6.45) is 4.70. The number of rotatable bonds is 9. The number of ether oxygens (including phenoxy) is 1. The Hall–Kier alpha value is -0.0800. The molecular formula is C17H37IN4O. The van der Waals surface area contributed by atoms with Crippen LogP contribution in [0.3, 0.4) is 0 Å². The molecule has 1 fully saturated rings. The molecule has 0 aromatic heterocycles. The molecule has 1 aliphatic rings. The summed E-state index contributed by atoms with van der Waals surface area (Å²) in [6.45, 7) is 14.4. The first kappa shape index (κ1) is 22.9. The molecule has 0 saturated carbocycles. The standard InChI is InChI=1S/C17H36N4O.HI/c1-5-7-13-22-14-10-19-17(18-6-2)20-16-8-11-21(12-9-16)15(3)4;/h15-16H,5-14H2,1-4H3,(H2,18,19,20);1H. The highest BCUT2D eigenvalue weighted by Gasteiger charge is 2.21. The van der Waals surface area contributed by atoms with Crippen LogP contribution in [-0.2, 0) is 4.74 Å². The number of unbranched alkanes of at least 4 members (excludes halogenated alkanes) is 1. The molecular weight excluding hydrogens is 403 g/mol. The minimum Gasteiger partial charge on any atom is -0.380 e. The van der Waals surface area contributed by atoms with Crippen LogP contribution in [0.4, 0.5) is 0 Å². The lowest BCUT2D eigenvalue weighted by Gasteiger charge is -2.35. The minimum atomic E-state index is 0. The SMILES string of the molecule is CCCCOCCN=C(NCC)NC1CCN(C(C)C)CC1.I. The Kier molecular flexibility index (Phi) is 14.2. The molecule has 0 aromatic carbocycles. The number of hydrogen-bond donors (Lipinski definition) is 2. The van der Waals surface area contributed by atoms with Crippen molar-refractivity contribution < 1.29 is 4.74 Å². The summed E-state index contributed by atoms with van der Waals surface area (Å²) < 4.78 is 5.56. The van der Waals surface area contributed by atoms with E-state index < -0.39 is 0 Å². The summed E-state index contributed by atoms with van der Waals surface area (Å²) in [4.78, 5) is 7.16. The maximum atomic E-state index is 5.56. The molecule has 23 heavy (non-hydrogen) atoms. The molecule has 0 unspecified atom stereocenters. The minimum absolute atomic E-state index is 0. The van der Waals surface area contributed by atoms with Gasteiger partial charge in [0.1, 0.15) is 0 Å². The Balaban J connectivity index is 0.00000484. The van der Waals surface area contributed by atoms with Gasteiger partial charge in [-0.1, -0.05) is 13.3 Å². The number of halogens is 1. The third-order valence-corrected chi connectivity index (χ3v) is 4.09. The first-order valence-electron chi connectivity index (χ1n) is 9.04. The highest BCUT2D eigenvalue weighted by molar-refractivity contribution is 14.0. The van der Waals surface area contributed by atoms with Gasteiger partial charge in [0.2, 0.25) is 0 Å². The molecule has 0 bridgehead atoms. The molecule has 5 nitrogen and oxygen atoms in total. The predicted molar refractivity (Wildman–Crippen MR) is 110 cm³/mol. The van der Waals surface area contributed by atoms with E-state index in [1.807, 2.05) is 0 Å². The van der Waals surface area contributed by atoms with Crippen molar-refractivity contribution in [3.63, 3.8) is 0 Å². The lowest BCUT2D eigenvalue weighted by molar-refractivity contribution is 0.138. The van der Waals surface area contributed by atoms with E-state index in [9.17, 15) is 0 Å². The number of nitrogens with zero attached hydrogens (tertiary/aromatic N) is 2. The van der Waals surface area contributed by atoms with Crippen LogP contribution in [0.1, 0.15) is 53.4 Å². The number of piperidine rings is 1. The fourth-order valence-corrected chi connectivity index (χ4v) is 2.64. The van der Waals surface area contributed by atoms with E-state index in [2.05, 4.69) is 48.2 Å². The smallest absolute Gasteiger partial charge is 0.191 e. The molecule has 1 rings (SSSR count). The fourth-order valence-electron chi connectivity index (χ4n) is 2.64. The maximum Gasteiger partial charge on any atom is 0.191 e.